The van der Waals surface area contributed by atoms with Crippen LogP contribution in [0.1, 0.15) is 24.2 Å². The number of halogens is 1. The molecule has 2 aromatic carbocycles. The van der Waals surface area contributed by atoms with E-state index in [1.807, 2.05) is 26.0 Å². The summed E-state index contributed by atoms with van der Waals surface area (Å²) in [6.45, 7) is 4.49. The number of carbonyl (C=O) groups excluding carboxylic acids is 1. The van der Waals surface area contributed by atoms with Gasteiger partial charge in [-0.1, -0.05) is 43.6 Å². The molecule has 3 aromatic rings. The molecule has 0 fully saturated rings. The van der Waals surface area contributed by atoms with Crippen LogP contribution in [0.5, 0.6) is 11.8 Å². The number of hydrogen-bond donors (Lipinski definition) is 0. The molecule has 0 bridgehead atoms. The van der Waals surface area contributed by atoms with Gasteiger partial charge in [-0.2, -0.15) is 9.67 Å². The third kappa shape index (κ3) is 4.28. The summed E-state index contributed by atoms with van der Waals surface area (Å²) in [5.41, 5.74) is 1.02. The van der Waals surface area contributed by atoms with Crippen molar-refractivity contribution in [2.24, 2.45) is 5.92 Å². The maximum atomic E-state index is 13.1. The standard InChI is InChI=1S/C20H20ClN3O3/c1-13(2)12-27-20-22-18(16-9-4-5-10-17(16)21)24(23-20)19(25)14-7-6-8-15(11-14)26-3/h4-11,13H,12H2,1-3H3. The zero-order valence-electron chi connectivity index (χ0n) is 15.3. The molecule has 0 radical (unpaired) electrons. The van der Waals surface area contributed by atoms with E-state index in [9.17, 15) is 4.79 Å². The Balaban J connectivity index is 2.06. The van der Waals surface area contributed by atoms with Gasteiger partial charge < -0.3 is 9.47 Å². The number of carbonyl (C=O) groups is 1. The minimum absolute atomic E-state index is 0.134. The second-order valence-electron chi connectivity index (χ2n) is 6.35. The van der Waals surface area contributed by atoms with E-state index in [0.717, 1.165) is 0 Å². The molecule has 0 aliphatic heterocycles. The van der Waals surface area contributed by atoms with Gasteiger partial charge in [-0.25, -0.2) is 0 Å². The molecular formula is C20H20ClN3O3. The highest BCUT2D eigenvalue weighted by Crippen LogP contribution is 2.28. The van der Waals surface area contributed by atoms with Crippen LogP contribution in [0.2, 0.25) is 5.02 Å². The molecule has 6 nitrogen and oxygen atoms in total. The van der Waals surface area contributed by atoms with Crippen LogP contribution >= 0.6 is 11.6 Å². The molecular weight excluding hydrogens is 366 g/mol. The third-order valence-corrected chi connectivity index (χ3v) is 4.09. The molecule has 0 aliphatic carbocycles. The van der Waals surface area contributed by atoms with Crippen molar-refractivity contribution in [2.45, 2.75) is 13.8 Å². The quantitative estimate of drug-likeness (QED) is 0.631. The van der Waals surface area contributed by atoms with Crippen LogP contribution in [0.4, 0.5) is 0 Å². The fraction of sp³-hybridized carbons (Fsp3) is 0.250. The van der Waals surface area contributed by atoms with Gasteiger partial charge in [0.15, 0.2) is 5.82 Å². The van der Waals surface area contributed by atoms with Gasteiger partial charge in [0.05, 0.1) is 18.7 Å². The number of methoxy groups -OCH3 is 1. The Bertz CT molecular complexity index is 953. The molecule has 1 aromatic heterocycles. The maximum absolute atomic E-state index is 13.1. The fourth-order valence-electron chi connectivity index (χ4n) is 2.43. The Morgan fingerprint density at radius 2 is 1.96 bits per heavy atom. The normalized spacial score (nSPS) is 10.9. The van der Waals surface area contributed by atoms with Crippen LogP contribution in [0.25, 0.3) is 11.4 Å². The van der Waals surface area contributed by atoms with Crippen molar-refractivity contribution >= 4 is 17.5 Å². The van der Waals surface area contributed by atoms with Crippen LogP contribution < -0.4 is 9.47 Å². The van der Waals surface area contributed by atoms with E-state index in [4.69, 9.17) is 21.1 Å². The molecule has 140 valence electrons. The van der Waals surface area contributed by atoms with Gasteiger partial charge in [0.25, 0.3) is 5.91 Å². The van der Waals surface area contributed by atoms with Gasteiger partial charge in [0, 0.05) is 11.1 Å². The monoisotopic (exact) mass is 385 g/mol. The van der Waals surface area contributed by atoms with E-state index in [1.165, 1.54) is 4.68 Å². The summed E-state index contributed by atoms with van der Waals surface area (Å²) in [5, 5.41) is 4.74. The Hall–Kier alpha value is -2.86. The van der Waals surface area contributed by atoms with E-state index in [2.05, 4.69) is 10.1 Å². The second kappa shape index (κ2) is 8.22. The Labute approximate surface area is 162 Å². The van der Waals surface area contributed by atoms with Gasteiger partial charge >= 0.3 is 6.01 Å². The van der Waals surface area contributed by atoms with E-state index in [1.54, 1.807) is 43.5 Å². The first-order valence-corrected chi connectivity index (χ1v) is 8.91. The number of aromatic nitrogens is 3. The largest absolute Gasteiger partial charge is 0.497 e. The predicted molar refractivity (Wildman–Crippen MR) is 104 cm³/mol. The summed E-state index contributed by atoms with van der Waals surface area (Å²) in [6, 6.07) is 14.1. The molecule has 0 spiro atoms. The molecule has 0 N–H and O–H groups in total. The lowest BCUT2D eigenvalue weighted by Gasteiger charge is -2.07. The maximum Gasteiger partial charge on any atom is 0.336 e. The summed E-state index contributed by atoms with van der Waals surface area (Å²) in [5.74, 6) is 0.856. The molecule has 0 saturated heterocycles. The molecule has 27 heavy (non-hydrogen) atoms. The van der Waals surface area contributed by atoms with Crippen molar-refractivity contribution < 1.29 is 14.3 Å². The lowest BCUT2D eigenvalue weighted by Crippen LogP contribution is -2.15. The van der Waals surface area contributed by atoms with E-state index in [-0.39, 0.29) is 11.9 Å². The smallest absolute Gasteiger partial charge is 0.336 e. The Morgan fingerprint density at radius 3 is 2.67 bits per heavy atom. The zero-order valence-corrected chi connectivity index (χ0v) is 16.1. The summed E-state index contributed by atoms with van der Waals surface area (Å²) in [6.07, 6.45) is 0. The lowest BCUT2D eigenvalue weighted by atomic mass is 10.2. The van der Waals surface area contributed by atoms with Crippen LogP contribution in [0, 0.1) is 5.92 Å². The van der Waals surface area contributed by atoms with Gasteiger partial charge in [-0.3, -0.25) is 4.79 Å². The second-order valence-corrected chi connectivity index (χ2v) is 6.76. The summed E-state index contributed by atoms with van der Waals surface area (Å²) in [7, 11) is 1.55. The first kappa shape index (κ1) is 18.9. The molecule has 0 unspecified atom stereocenters. The number of hydrogen-bond acceptors (Lipinski definition) is 5. The topological polar surface area (TPSA) is 66.2 Å². The first-order chi connectivity index (χ1) is 13.0. The van der Waals surface area contributed by atoms with Crippen molar-refractivity contribution in [2.75, 3.05) is 13.7 Å². The highest BCUT2D eigenvalue weighted by molar-refractivity contribution is 6.33. The molecule has 0 atom stereocenters. The molecule has 0 saturated carbocycles. The van der Waals surface area contributed by atoms with E-state index >= 15 is 0 Å². The van der Waals surface area contributed by atoms with Gasteiger partial charge in [-0.15, -0.1) is 5.10 Å². The predicted octanol–water partition coefficient (Wildman–Crippen LogP) is 4.33. The van der Waals surface area contributed by atoms with Crippen LogP contribution in [-0.4, -0.2) is 34.4 Å². The number of rotatable bonds is 6. The van der Waals surface area contributed by atoms with E-state index < -0.39 is 0 Å². The average molecular weight is 386 g/mol. The fourth-order valence-corrected chi connectivity index (χ4v) is 2.65. The van der Waals surface area contributed by atoms with Crippen molar-refractivity contribution in [3.05, 3.63) is 59.1 Å². The minimum Gasteiger partial charge on any atom is -0.497 e. The molecule has 0 aliphatic rings. The summed E-state index contributed by atoms with van der Waals surface area (Å²) >= 11 is 6.31. The lowest BCUT2D eigenvalue weighted by molar-refractivity contribution is 0.0944. The first-order valence-electron chi connectivity index (χ1n) is 8.53. The zero-order chi connectivity index (χ0) is 19.4. The van der Waals surface area contributed by atoms with Gasteiger partial charge in [-0.05, 0) is 36.2 Å². The highest BCUT2D eigenvalue weighted by Gasteiger charge is 2.22. The van der Waals surface area contributed by atoms with Crippen LogP contribution in [0.3, 0.4) is 0 Å². The van der Waals surface area contributed by atoms with Crippen molar-refractivity contribution in [3.63, 3.8) is 0 Å². The van der Waals surface area contributed by atoms with Crippen molar-refractivity contribution in [3.8, 4) is 23.1 Å². The third-order valence-electron chi connectivity index (χ3n) is 3.76. The molecule has 1 heterocycles. The molecule has 7 heteroatoms. The van der Waals surface area contributed by atoms with Gasteiger partial charge in [0.2, 0.25) is 0 Å². The van der Waals surface area contributed by atoms with Gasteiger partial charge in [0.1, 0.15) is 5.75 Å². The number of nitrogens with zero attached hydrogens (tertiary/aromatic N) is 3. The summed E-state index contributed by atoms with van der Waals surface area (Å²) < 4.78 is 12.0. The Kier molecular flexibility index (Phi) is 5.76. The highest BCUT2D eigenvalue weighted by atomic mass is 35.5. The molecule has 0 amide bonds. The van der Waals surface area contributed by atoms with Crippen LogP contribution in [-0.2, 0) is 0 Å². The number of ether oxygens (including phenoxy) is 2. The van der Waals surface area contributed by atoms with Crippen molar-refractivity contribution in [1.29, 1.82) is 0 Å². The van der Waals surface area contributed by atoms with Crippen molar-refractivity contribution in [1.82, 2.24) is 14.8 Å². The van der Waals surface area contributed by atoms with E-state index in [0.29, 0.717) is 40.2 Å². The minimum atomic E-state index is -0.351. The average Bonchev–Trinajstić information content (AvgIpc) is 3.10. The Morgan fingerprint density at radius 1 is 1.19 bits per heavy atom. The number of benzene rings is 2. The SMILES string of the molecule is COc1cccc(C(=O)n2nc(OCC(C)C)nc2-c2ccccc2Cl)c1. The molecule has 3 rings (SSSR count). The summed E-state index contributed by atoms with van der Waals surface area (Å²) in [4.78, 5) is 17.5. The van der Waals surface area contributed by atoms with Crippen LogP contribution in [0.15, 0.2) is 48.5 Å².